The summed E-state index contributed by atoms with van der Waals surface area (Å²) in [5.41, 5.74) is 1.97. The predicted molar refractivity (Wildman–Crippen MR) is 84.3 cm³/mol. The predicted octanol–water partition coefficient (Wildman–Crippen LogP) is 2.67. The van der Waals surface area contributed by atoms with Crippen LogP contribution in [0.3, 0.4) is 0 Å². The maximum atomic E-state index is 12.3. The van der Waals surface area contributed by atoms with Crippen LogP contribution in [0, 0.1) is 25.3 Å². The number of anilines is 1. The minimum absolute atomic E-state index is 0.0273. The molecule has 0 aliphatic heterocycles. The number of hydrogen-bond donors (Lipinski definition) is 1. The van der Waals surface area contributed by atoms with E-state index in [1.54, 1.807) is 0 Å². The number of nitrogens with one attached hydrogen (secondary N) is 1. The zero-order chi connectivity index (χ0) is 16.1. The van der Waals surface area contributed by atoms with Crippen molar-refractivity contribution in [1.82, 2.24) is 9.97 Å². The first-order chi connectivity index (χ1) is 10.4. The lowest BCUT2D eigenvalue weighted by atomic mass is 9.58. The number of aryl methyl sites for hydroxylation is 1. The monoisotopic (exact) mass is 296 g/mol. The topological polar surface area (TPSA) is 59.2 Å². The van der Waals surface area contributed by atoms with Crippen molar-refractivity contribution in [3.05, 3.63) is 40.3 Å². The molecule has 1 aromatic rings. The van der Waals surface area contributed by atoms with Crippen molar-refractivity contribution >= 4 is 11.6 Å². The van der Waals surface area contributed by atoms with E-state index in [0.29, 0.717) is 5.82 Å². The van der Waals surface area contributed by atoms with Crippen LogP contribution >= 0.6 is 0 Å². The third-order valence-electron chi connectivity index (χ3n) is 5.17. The Morgan fingerprint density at radius 3 is 2.82 bits per heavy atom. The van der Waals surface area contributed by atoms with Gasteiger partial charge in [-0.3, -0.25) is 0 Å². The molecule has 22 heavy (non-hydrogen) atoms. The molecule has 5 nitrogen and oxygen atoms in total. The van der Waals surface area contributed by atoms with Gasteiger partial charge in [0.2, 0.25) is 5.70 Å². The van der Waals surface area contributed by atoms with E-state index >= 15 is 0 Å². The summed E-state index contributed by atoms with van der Waals surface area (Å²) < 4.78 is 0. The van der Waals surface area contributed by atoms with Gasteiger partial charge in [-0.15, -0.1) is 0 Å². The summed E-state index contributed by atoms with van der Waals surface area (Å²) in [4.78, 5) is 25.0. The second-order valence-corrected chi connectivity index (χ2v) is 6.42. The number of carbonyl (C=O) groups is 1. The summed E-state index contributed by atoms with van der Waals surface area (Å²) >= 11 is 0. The van der Waals surface area contributed by atoms with Crippen molar-refractivity contribution in [3.8, 4) is 0 Å². The highest BCUT2D eigenvalue weighted by molar-refractivity contribution is 6.00. The van der Waals surface area contributed by atoms with E-state index in [0.717, 1.165) is 29.9 Å². The van der Waals surface area contributed by atoms with E-state index in [4.69, 9.17) is 11.6 Å². The van der Waals surface area contributed by atoms with Crippen molar-refractivity contribution in [3.63, 3.8) is 0 Å². The molecular weight excluding hydrogens is 276 g/mol. The van der Waals surface area contributed by atoms with Gasteiger partial charge in [-0.25, -0.2) is 14.8 Å². The van der Waals surface area contributed by atoms with Gasteiger partial charge in [0, 0.05) is 23.9 Å². The maximum Gasteiger partial charge on any atom is 0.226 e. The van der Waals surface area contributed by atoms with Gasteiger partial charge in [0.25, 0.3) is 0 Å². The summed E-state index contributed by atoms with van der Waals surface area (Å²) in [6.07, 6.45) is 3.63. The molecular formula is C17H20N4O. The van der Waals surface area contributed by atoms with Crippen molar-refractivity contribution in [2.75, 3.05) is 12.4 Å². The summed E-state index contributed by atoms with van der Waals surface area (Å²) in [6, 6.07) is 0. The molecule has 2 aliphatic rings. The standard InChI is InChI=1S/C17H20N4O/c1-9-12-7-6-11-15(20-10(2)21-16(11)19-5)17(12,3)8-13(18-4)14(9)22/h8-9,12H,6-7H2,1-3,5H3,(H,19,20,21)/t9-,12-,17-/m0/s1. The van der Waals surface area contributed by atoms with Crippen molar-refractivity contribution < 1.29 is 4.79 Å². The van der Waals surface area contributed by atoms with Gasteiger partial charge < -0.3 is 10.1 Å². The van der Waals surface area contributed by atoms with E-state index in [9.17, 15) is 4.79 Å². The molecule has 0 fully saturated rings. The Bertz CT molecular complexity index is 731. The molecule has 0 saturated heterocycles. The molecule has 5 heteroatoms. The van der Waals surface area contributed by atoms with Crippen molar-refractivity contribution in [2.45, 2.75) is 39.0 Å². The number of Topliss-reactive ketones (excluding diaryl/α,β-unsaturated/α-hetero) is 1. The van der Waals surface area contributed by atoms with Crippen LogP contribution in [-0.4, -0.2) is 22.8 Å². The highest BCUT2D eigenvalue weighted by Crippen LogP contribution is 2.50. The summed E-state index contributed by atoms with van der Waals surface area (Å²) in [5, 5.41) is 3.15. The number of nitrogens with zero attached hydrogens (tertiary/aromatic N) is 3. The van der Waals surface area contributed by atoms with Crippen molar-refractivity contribution in [1.29, 1.82) is 0 Å². The summed E-state index contributed by atoms with van der Waals surface area (Å²) in [5.74, 6) is 1.61. The van der Waals surface area contributed by atoms with Crippen LogP contribution in [0.4, 0.5) is 5.82 Å². The van der Waals surface area contributed by atoms with Gasteiger partial charge >= 0.3 is 0 Å². The largest absolute Gasteiger partial charge is 0.373 e. The Balaban J connectivity index is 2.28. The number of hydrogen-bond acceptors (Lipinski definition) is 4. The normalized spacial score (nSPS) is 30.0. The average molecular weight is 296 g/mol. The number of aromatic nitrogens is 2. The quantitative estimate of drug-likeness (QED) is 0.809. The Morgan fingerprint density at radius 1 is 1.45 bits per heavy atom. The van der Waals surface area contributed by atoms with Crippen LogP contribution in [0.1, 0.15) is 37.4 Å². The fourth-order valence-electron chi connectivity index (χ4n) is 4.06. The molecule has 0 amide bonds. The van der Waals surface area contributed by atoms with Crippen LogP contribution < -0.4 is 5.32 Å². The molecule has 0 bridgehead atoms. The third kappa shape index (κ3) is 1.87. The van der Waals surface area contributed by atoms with E-state index in [1.807, 2.05) is 27.0 Å². The molecule has 0 unspecified atom stereocenters. The minimum atomic E-state index is -0.375. The Hall–Kier alpha value is -2.22. The first kappa shape index (κ1) is 14.7. The van der Waals surface area contributed by atoms with E-state index < -0.39 is 0 Å². The van der Waals surface area contributed by atoms with Crippen LogP contribution in [0.2, 0.25) is 0 Å². The van der Waals surface area contributed by atoms with Gasteiger partial charge in [0.15, 0.2) is 5.78 Å². The van der Waals surface area contributed by atoms with Crippen LogP contribution in [-0.2, 0) is 16.6 Å². The third-order valence-corrected chi connectivity index (χ3v) is 5.17. The van der Waals surface area contributed by atoms with Gasteiger partial charge in [-0.05, 0) is 25.7 Å². The molecule has 3 rings (SSSR count). The summed E-state index contributed by atoms with van der Waals surface area (Å²) in [6.45, 7) is 13.2. The highest BCUT2D eigenvalue weighted by Gasteiger charge is 2.49. The Kier molecular flexibility index (Phi) is 3.28. The van der Waals surface area contributed by atoms with E-state index in [2.05, 4.69) is 22.1 Å². The van der Waals surface area contributed by atoms with Gasteiger partial charge in [0.05, 0.1) is 12.3 Å². The zero-order valence-corrected chi connectivity index (χ0v) is 13.4. The first-order valence-corrected chi connectivity index (χ1v) is 7.62. The van der Waals surface area contributed by atoms with Crippen molar-refractivity contribution in [2.24, 2.45) is 11.8 Å². The highest BCUT2D eigenvalue weighted by atomic mass is 16.1. The minimum Gasteiger partial charge on any atom is -0.373 e. The number of ketones is 1. The SMILES string of the molecule is [C-]#[N+]C1=C[C@]2(C)c3nc(C)nc(NC)c3CC[C@H]2[C@H](C)C1=O. The number of rotatable bonds is 1. The number of carbonyl (C=O) groups excluding carboxylic acids is 1. The number of fused-ring (bicyclic) bond motifs is 3. The summed E-state index contributed by atoms with van der Waals surface area (Å²) in [7, 11) is 1.86. The zero-order valence-electron chi connectivity index (χ0n) is 13.4. The van der Waals surface area contributed by atoms with Crippen LogP contribution in [0.15, 0.2) is 11.8 Å². The van der Waals surface area contributed by atoms with Gasteiger partial charge in [0.1, 0.15) is 11.6 Å². The molecule has 114 valence electrons. The van der Waals surface area contributed by atoms with E-state index in [-0.39, 0.29) is 28.7 Å². The van der Waals surface area contributed by atoms with Crippen LogP contribution in [0.25, 0.3) is 4.85 Å². The van der Waals surface area contributed by atoms with Gasteiger partial charge in [-0.2, -0.15) is 0 Å². The second kappa shape index (κ2) is 4.91. The average Bonchev–Trinajstić information content (AvgIpc) is 2.50. The molecule has 2 aliphatic carbocycles. The Morgan fingerprint density at radius 2 is 2.18 bits per heavy atom. The smallest absolute Gasteiger partial charge is 0.226 e. The maximum absolute atomic E-state index is 12.3. The lowest BCUT2D eigenvalue weighted by Gasteiger charge is -2.46. The Labute approximate surface area is 130 Å². The fourth-order valence-corrected chi connectivity index (χ4v) is 4.06. The van der Waals surface area contributed by atoms with Gasteiger partial charge in [-0.1, -0.05) is 19.9 Å². The molecule has 0 saturated carbocycles. The molecule has 1 heterocycles. The molecule has 1 N–H and O–H groups in total. The first-order valence-electron chi connectivity index (χ1n) is 7.62. The lowest BCUT2D eigenvalue weighted by molar-refractivity contribution is -0.121. The number of allylic oxidation sites excluding steroid dienone is 2. The fraction of sp³-hybridized carbons (Fsp3) is 0.529. The molecule has 1 aromatic heterocycles. The van der Waals surface area contributed by atoms with E-state index in [1.165, 1.54) is 0 Å². The van der Waals surface area contributed by atoms with Crippen LogP contribution in [0.5, 0.6) is 0 Å². The second-order valence-electron chi connectivity index (χ2n) is 6.42. The molecule has 0 spiro atoms. The lowest BCUT2D eigenvalue weighted by Crippen LogP contribution is -2.46. The molecule has 3 atom stereocenters. The molecule has 0 radical (unpaired) electrons. The molecule has 0 aromatic carbocycles.